The Kier molecular flexibility index (Phi) is 4.60. The van der Waals surface area contributed by atoms with Gasteiger partial charge in [0.2, 0.25) is 5.91 Å². The standard InChI is InChI=1S/C18H21NO2S/c1-13(17-8-5-11-22-17)19(2)18(20)12-16-15-7-4-3-6-14(15)9-10-21-16/h3-8,11,13,16H,9-10,12H2,1-2H3/t13-,16+/m1/s1. The highest BCUT2D eigenvalue weighted by atomic mass is 32.1. The molecule has 116 valence electrons. The fraction of sp³-hybridized carbons (Fsp3) is 0.389. The van der Waals surface area contributed by atoms with Gasteiger partial charge >= 0.3 is 0 Å². The highest BCUT2D eigenvalue weighted by Gasteiger charge is 2.26. The molecule has 0 unspecified atom stereocenters. The molecular formula is C18H21NO2S. The van der Waals surface area contributed by atoms with Crippen molar-refractivity contribution in [3.63, 3.8) is 0 Å². The second-order valence-corrected chi connectivity index (χ2v) is 6.69. The van der Waals surface area contributed by atoms with E-state index in [9.17, 15) is 4.79 Å². The van der Waals surface area contributed by atoms with Crippen molar-refractivity contribution in [1.82, 2.24) is 4.90 Å². The van der Waals surface area contributed by atoms with E-state index in [2.05, 4.69) is 25.1 Å². The van der Waals surface area contributed by atoms with Crippen LogP contribution in [-0.2, 0) is 16.0 Å². The first-order valence-electron chi connectivity index (χ1n) is 7.65. The number of amides is 1. The van der Waals surface area contributed by atoms with Crippen molar-refractivity contribution >= 4 is 17.2 Å². The van der Waals surface area contributed by atoms with Gasteiger partial charge in [-0.3, -0.25) is 4.79 Å². The summed E-state index contributed by atoms with van der Waals surface area (Å²) in [6.07, 6.45) is 1.22. The molecule has 0 aliphatic carbocycles. The molecule has 1 aliphatic heterocycles. The van der Waals surface area contributed by atoms with Gasteiger partial charge in [-0.15, -0.1) is 11.3 Å². The van der Waals surface area contributed by atoms with E-state index in [0.717, 1.165) is 6.42 Å². The molecule has 0 saturated carbocycles. The maximum absolute atomic E-state index is 12.6. The third-order valence-corrected chi connectivity index (χ3v) is 5.42. The van der Waals surface area contributed by atoms with Crippen molar-refractivity contribution in [3.8, 4) is 0 Å². The molecule has 0 saturated heterocycles. The van der Waals surface area contributed by atoms with E-state index in [0.29, 0.717) is 13.0 Å². The predicted octanol–water partition coefficient (Wildman–Crippen LogP) is 3.97. The maximum atomic E-state index is 12.6. The Morgan fingerprint density at radius 2 is 2.18 bits per heavy atom. The van der Waals surface area contributed by atoms with E-state index in [4.69, 9.17) is 4.74 Å². The van der Waals surface area contributed by atoms with E-state index >= 15 is 0 Å². The van der Waals surface area contributed by atoms with Crippen LogP contribution in [-0.4, -0.2) is 24.5 Å². The van der Waals surface area contributed by atoms with Gasteiger partial charge in [-0.2, -0.15) is 0 Å². The molecule has 2 atom stereocenters. The molecule has 0 fully saturated rings. The number of rotatable bonds is 4. The fourth-order valence-corrected chi connectivity index (χ4v) is 3.71. The van der Waals surface area contributed by atoms with Crippen LogP contribution in [0.15, 0.2) is 41.8 Å². The van der Waals surface area contributed by atoms with Gasteiger partial charge in [0, 0.05) is 11.9 Å². The van der Waals surface area contributed by atoms with Crippen LogP contribution in [0.25, 0.3) is 0 Å². The minimum absolute atomic E-state index is 0.103. The lowest BCUT2D eigenvalue weighted by Crippen LogP contribution is -2.31. The lowest BCUT2D eigenvalue weighted by Gasteiger charge is -2.29. The molecule has 0 bridgehead atoms. The molecule has 2 aromatic rings. The number of hydrogen-bond acceptors (Lipinski definition) is 3. The third-order valence-electron chi connectivity index (χ3n) is 4.38. The van der Waals surface area contributed by atoms with E-state index < -0.39 is 0 Å². The van der Waals surface area contributed by atoms with Crippen LogP contribution in [0.3, 0.4) is 0 Å². The molecule has 0 spiro atoms. The summed E-state index contributed by atoms with van der Waals surface area (Å²) < 4.78 is 5.85. The number of carbonyl (C=O) groups excluding carboxylic acids is 1. The molecule has 3 nitrogen and oxygen atoms in total. The summed E-state index contributed by atoms with van der Waals surface area (Å²) in [5.41, 5.74) is 2.47. The van der Waals surface area contributed by atoms with Crippen LogP contribution in [0.1, 0.15) is 41.5 Å². The van der Waals surface area contributed by atoms with Gasteiger partial charge < -0.3 is 9.64 Å². The summed E-state index contributed by atoms with van der Waals surface area (Å²) >= 11 is 1.69. The first-order valence-corrected chi connectivity index (χ1v) is 8.53. The Labute approximate surface area is 135 Å². The number of ether oxygens (including phenoxy) is 1. The summed E-state index contributed by atoms with van der Waals surface area (Å²) in [6.45, 7) is 2.76. The van der Waals surface area contributed by atoms with Crippen molar-refractivity contribution in [2.75, 3.05) is 13.7 Å². The number of fused-ring (bicyclic) bond motifs is 1. The van der Waals surface area contributed by atoms with Crippen LogP contribution in [0.5, 0.6) is 0 Å². The van der Waals surface area contributed by atoms with E-state index in [1.807, 2.05) is 35.5 Å². The van der Waals surface area contributed by atoms with Crippen molar-refractivity contribution in [2.45, 2.75) is 31.9 Å². The van der Waals surface area contributed by atoms with Gasteiger partial charge in [0.05, 0.1) is 25.2 Å². The number of nitrogens with zero attached hydrogens (tertiary/aromatic N) is 1. The SMILES string of the molecule is C[C@H](c1cccs1)N(C)C(=O)C[C@@H]1OCCc2ccccc21. The molecule has 0 radical (unpaired) electrons. The molecule has 1 aromatic carbocycles. The van der Waals surface area contributed by atoms with Crippen LogP contribution >= 0.6 is 11.3 Å². The van der Waals surface area contributed by atoms with E-state index in [1.54, 1.807) is 11.3 Å². The first-order chi connectivity index (χ1) is 10.7. The normalized spacial score (nSPS) is 18.5. The molecule has 0 N–H and O–H groups in total. The average molecular weight is 315 g/mol. The third kappa shape index (κ3) is 3.08. The Hall–Kier alpha value is -1.65. The van der Waals surface area contributed by atoms with Gasteiger partial charge in [-0.1, -0.05) is 30.3 Å². The van der Waals surface area contributed by atoms with Gasteiger partial charge in [0.15, 0.2) is 0 Å². The highest BCUT2D eigenvalue weighted by Crippen LogP contribution is 2.31. The van der Waals surface area contributed by atoms with Gasteiger partial charge in [0.25, 0.3) is 0 Å². The second-order valence-electron chi connectivity index (χ2n) is 5.71. The van der Waals surface area contributed by atoms with Gasteiger partial charge in [-0.05, 0) is 35.9 Å². The summed E-state index contributed by atoms with van der Waals surface area (Å²) in [7, 11) is 1.88. The molecule has 3 rings (SSSR count). The number of thiophene rings is 1. The van der Waals surface area contributed by atoms with Crippen LogP contribution in [0.2, 0.25) is 0 Å². The molecule has 1 aliphatic rings. The number of benzene rings is 1. The van der Waals surface area contributed by atoms with Crippen molar-refractivity contribution < 1.29 is 9.53 Å². The highest BCUT2D eigenvalue weighted by molar-refractivity contribution is 7.10. The minimum atomic E-state index is -0.115. The zero-order valence-electron chi connectivity index (χ0n) is 13.0. The van der Waals surface area contributed by atoms with Crippen molar-refractivity contribution in [1.29, 1.82) is 0 Å². The summed E-state index contributed by atoms with van der Waals surface area (Å²) in [5, 5.41) is 2.05. The maximum Gasteiger partial charge on any atom is 0.225 e. The Balaban J connectivity index is 1.70. The summed E-state index contributed by atoms with van der Waals surface area (Å²) in [5.74, 6) is 0.127. The van der Waals surface area contributed by atoms with Gasteiger partial charge in [-0.25, -0.2) is 0 Å². The monoisotopic (exact) mass is 315 g/mol. The number of hydrogen-bond donors (Lipinski definition) is 0. The molecular weight excluding hydrogens is 294 g/mol. The first kappa shape index (κ1) is 15.3. The zero-order chi connectivity index (χ0) is 15.5. The van der Waals surface area contributed by atoms with Gasteiger partial charge in [0.1, 0.15) is 0 Å². The second kappa shape index (κ2) is 6.63. The molecule has 22 heavy (non-hydrogen) atoms. The zero-order valence-corrected chi connectivity index (χ0v) is 13.8. The molecule has 4 heteroatoms. The average Bonchev–Trinajstić information content (AvgIpc) is 3.08. The minimum Gasteiger partial charge on any atom is -0.373 e. The smallest absolute Gasteiger partial charge is 0.225 e. The lowest BCUT2D eigenvalue weighted by atomic mass is 9.95. The number of carbonyl (C=O) groups is 1. The quantitative estimate of drug-likeness (QED) is 0.854. The fourth-order valence-electron chi connectivity index (χ4n) is 2.88. The molecule has 2 heterocycles. The van der Waals surface area contributed by atoms with Crippen molar-refractivity contribution in [2.24, 2.45) is 0 Å². The topological polar surface area (TPSA) is 29.5 Å². The molecule has 1 aromatic heterocycles. The van der Waals surface area contributed by atoms with Crippen molar-refractivity contribution in [3.05, 3.63) is 57.8 Å². The van der Waals surface area contributed by atoms with Crippen LogP contribution < -0.4 is 0 Å². The largest absolute Gasteiger partial charge is 0.373 e. The Morgan fingerprint density at radius 3 is 2.95 bits per heavy atom. The summed E-state index contributed by atoms with van der Waals surface area (Å²) in [4.78, 5) is 15.6. The van der Waals surface area contributed by atoms with Crippen LogP contribution in [0.4, 0.5) is 0 Å². The van der Waals surface area contributed by atoms with Crippen LogP contribution in [0, 0.1) is 0 Å². The lowest BCUT2D eigenvalue weighted by molar-refractivity contribution is -0.135. The Bertz CT molecular complexity index is 638. The Morgan fingerprint density at radius 1 is 1.36 bits per heavy atom. The van der Waals surface area contributed by atoms with E-state index in [-0.39, 0.29) is 18.1 Å². The molecule has 1 amide bonds. The summed E-state index contributed by atoms with van der Waals surface area (Å²) in [6, 6.07) is 12.5. The van der Waals surface area contributed by atoms with E-state index in [1.165, 1.54) is 16.0 Å². The predicted molar refractivity (Wildman–Crippen MR) is 89.0 cm³/mol.